The Hall–Kier alpha value is -3.15. The number of hydrogen-bond acceptors (Lipinski definition) is 6. The molecule has 6 nitrogen and oxygen atoms in total. The van der Waals surface area contributed by atoms with Gasteiger partial charge in [0.2, 0.25) is 0 Å². The maximum Gasteiger partial charge on any atom is 0.270 e. The highest BCUT2D eigenvalue weighted by atomic mass is 32.2. The number of nitrogens with zero attached hydrogens (tertiary/aromatic N) is 3. The van der Waals surface area contributed by atoms with Gasteiger partial charge >= 0.3 is 0 Å². The zero-order valence-corrected chi connectivity index (χ0v) is 19.7. The number of amides is 1. The lowest BCUT2D eigenvalue weighted by molar-refractivity contribution is -0.121. The van der Waals surface area contributed by atoms with Crippen molar-refractivity contribution < 1.29 is 4.79 Å². The smallest absolute Gasteiger partial charge is 0.270 e. The summed E-state index contributed by atoms with van der Waals surface area (Å²) >= 11 is 6.56. The Morgan fingerprint density at radius 1 is 1.28 bits per heavy atom. The van der Waals surface area contributed by atoms with Crippen LogP contribution in [0.15, 0.2) is 52.7 Å². The van der Waals surface area contributed by atoms with E-state index >= 15 is 0 Å². The van der Waals surface area contributed by atoms with E-state index in [1.165, 1.54) is 16.7 Å². The predicted octanol–water partition coefficient (Wildman–Crippen LogP) is 4.44. The molecule has 3 rings (SSSR count). The Labute approximate surface area is 197 Å². The number of rotatable bonds is 8. The van der Waals surface area contributed by atoms with Crippen LogP contribution in [-0.4, -0.2) is 26.2 Å². The number of nitriles is 1. The second kappa shape index (κ2) is 10.4. The lowest BCUT2D eigenvalue weighted by atomic mass is 10.0. The van der Waals surface area contributed by atoms with Gasteiger partial charge in [-0.3, -0.25) is 19.1 Å². The first kappa shape index (κ1) is 23.5. The van der Waals surface area contributed by atoms with E-state index in [1.54, 1.807) is 23.6 Å². The van der Waals surface area contributed by atoms with E-state index in [4.69, 9.17) is 12.2 Å². The molecule has 1 amide bonds. The Morgan fingerprint density at radius 3 is 2.62 bits per heavy atom. The van der Waals surface area contributed by atoms with Crippen molar-refractivity contribution in [2.75, 3.05) is 11.9 Å². The standard InChI is InChI=1S/C24H24N4O2S2/c1-4-11-27-21(26-15-17-9-7-6-8-10-17)18(16(3)19(14-25)22(27)29)13-20-23(30)28(12-5-2)24(31)32-20/h5-10,13,26H,2,4,11-12,15H2,1,3H3/b20-13+. The topological polar surface area (TPSA) is 78.1 Å². The van der Waals surface area contributed by atoms with Crippen LogP contribution >= 0.6 is 24.0 Å². The van der Waals surface area contributed by atoms with Crippen molar-refractivity contribution in [2.45, 2.75) is 33.4 Å². The van der Waals surface area contributed by atoms with Gasteiger partial charge in [0.15, 0.2) is 0 Å². The van der Waals surface area contributed by atoms with Gasteiger partial charge in [0.1, 0.15) is 21.8 Å². The van der Waals surface area contributed by atoms with E-state index in [-0.39, 0.29) is 17.0 Å². The van der Waals surface area contributed by atoms with E-state index in [1.807, 2.05) is 43.3 Å². The van der Waals surface area contributed by atoms with E-state index in [0.717, 1.165) is 12.0 Å². The number of aromatic nitrogens is 1. The van der Waals surface area contributed by atoms with Crippen LogP contribution in [0.2, 0.25) is 0 Å². The van der Waals surface area contributed by atoms with Crippen LogP contribution in [0, 0.1) is 18.3 Å². The summed E-state index contributed by atoms with van der Waals surface area (Å²) in [6.07, 6.45) is 4.08. The van der Waals surface area contributed by atoms with E-state index in [2.05, 4.69) is 11.9 Å². The molecule has 164 valence electrons. The van der Waals surface area contributed by atoms with E-state index in [9.17, 15) is 14.9 Å². The average molecular weight is 465 g/mol. The molecule has 1 aromatic carbocycles. The van der Waals surface area contributed by atoms with Gasteiger partial charge in [-0.15, -0.1) is 6.58 Å². The summed E-state index contributed by atoms with van der Waals surface area (Å²) in [6, 6.07) is 11.9. The molecule has 0 saturated carbocycles. The quantitative estimate of drug-likeness (QED) is 0.354. The number of benzene rings is 1. The molecular weight excluding hydrogens is 440 g/mol. The largest absolute Gasteiger partial charge is 0.367 e. The fraction of sp³-hybridized carbons (Fsp3) is 0.250. The molecule has 0 unspecified atom stereocenters. The van der Waals surface area contributed by atoms with Crippen LogP contribution in [0.25, 0.3) is 6.08 Å². The molecule has 1 aromatic heterocycles. The van der Waals surface area contributed by atoms with Crippen LogP contribution in [-0.2, 0) is 17.9 Å². The first-order valence-corrected chi connectivity index (χ1v) is 11.5. The summed E-state index contributed by atoms with van der Waals surface area (Å²) in [5.41, 5.74) is 1.97. The SMILES string of the molecule is C=CCN1C(=O)/C(=C\c2c(C)c(C#N)c(=O)n(CCC)c2NCc2ccccc2)SC1=S. The molecular formula is C24H24N4O2S2. The first-order valence-electron chi connectivity index (χ1n) is 10.2. The summed E-state index contributed by atoms with van der Waals surface area (Å²) < 4.78 is 2.05. The Kier molecular flexibility index (Phi) is 7.67. The van der Waals surface area contributed by atoms with Gasteiger partial charge in [0, 0.05) is 25.2 Å². The molecule has 2 heterocycles. The van der Waals surface area contributed by atoms with Crippen LogP contribution in [0.3, 0.4) is 0 Å². The molecule has 8 heteroatoms. The molecule has 0 spiro atoms. The molecule has 0 bridgehead atoms. The Balaban J connectivity index is 2.17. The highest BCUT2D eigenvalue weighted by Crippen LogP contribution is 2.35. The molecule has 32 heavy (non-hydrogen) atoms. The monoisotopic (exact) mass is 464 g/mol. The summed E-state index contributed by atoms with van der Waals surface area (Å²) in [5, 5.41) is 13.0. The third kappa shape index (κ3) is 4.69. The van der Waals surface area contributed by atoms with Gasteiger partial charge in [-0.2, -0.15) is 5.26 Å². The van der Waals surface area contributed by atoms with Crippen molar-refractivity contribution in [3.8, 4) is 6.07 Å². The second-order valence-corrected chi connectivity index (χ2v) is 8.93. The highest BCUT2D eigenvalue weighted by molar-refractivity contribution is 8.26. The minimum absolute atomic E-state index is 0.0801. The molecule has 0 radical (unpaired) electrons. The lowest BCUT2D eigenvalue weighted by Gasteiger charge is -2.20. The van der Waals surface area contributed by atoms with Gasteiger partial charge in [0.25, 0.3) is 11.5 Å². The number of anilines is 1. The molecule has 1 aliphatic heterocycles. The number of carbonyl (C=O) groups excluding carboxylic acids is 1. The van der Waals surface area contributed by atoms with E-state index < -0.39 is 0 Å². The Morgan fingerprint density at radius 2 is 2.00 bits per heavy atom. The number of hydrogen-bond donors (Lipinski definition) is 1. The molecule has 1 aliphatic rings. The zero-order valence-electron chi connectivity index (χ0n) is 18.1. The molecule has 1 saturated heterocycles. The van der Waals surface area contributed by atoms with Crippen LogP contribution in [0.4, 0.5) is 5.82 Å². The van der Waals surface area contributed by atoms with E-state index in [0.29, 0.717) is 45.8 Å². The van der Waals surface area contributed by atoms with Crippen LogP contribution < -0.4 is 10.9 Å². The van der Waals surface area contributed by atoms with Gasteiger partial charge < -0.3 is 5.32 Å². The molecule has 0 atom stereocenters. The van der Waals surface area contributed by atoms with Crippen molar-refractivity contribution in [3.63, 3.8) is 0 Å². The van der Waals surface area contributed by atoms with Gasteiger partial charge in [-0.1, -0.05) is 67.3 Å². The number of pyridine rings is 1. The van der Waals surface area contributed by atoms with Crippen molar-refractivity contribution in [1.29, 1.82) is 5.26 Å². The van der Waals surface area contributed by atoms with Gasteiger partial charge in [-0.05, 0) is 30.5 Å². The third-order valence-electron chi connectivity index (χ3n) is 5.09. The lowest BCUT2D eigenvalue weighted by Crippen LogP contribution is -2.29. The fourth-order valence-corrected chi connectivity index (χ4v) is 4.75. The number of nitrogens with one attached hydrogen (secondary N) is 1. The summed E-state index contributed by atoms with van der Waals surface area (Å²) in [5.74, 6) is 0.381. The summed E-state index contributed by atoms with van der Waals surface area (Å²) in [7, 11) is 0. The predicted molar refractivity (Wildman–Crippen MR) is 134 cm³/mol. The summed E-state index contributed by atoms with van der Waals surface area (Å²) in [6.45, 7) is 8.66. The van der Waals surface area contributed by atoms with Crippen molar-refractivity contribution >= 4 is 46.1 Å². The molecule has 1 N–H and O–H groups in total. The van der Waals surface area contributed by atoms with Crippen molar-refractivity contribution in [2.24, 2.45) is 0 Å². The number of carbonyl (C=O) groups is 1. The zero-order chi connectivity index (χ0) is 23.3. The number of thioether (sulfide) groups is 1. The summed E-state index contributed by atoms with van der Waals surface area (Å²) in [4.78, 5) is 27.9. The van der Waals surface area contributed by atoms with Crippen molar-refractivity contribution in [1.82, 2.24) is 9.47 Å². The maximum absolute atomic E-state index is 13.1. The molecule has 2 aromatic rings. The van der Waals surface area contributed by atoms with Gasteiger partial charge in [0.05, 0.1) is 4.91 Å². The normalized spacial score (nSPS) is 14.7. The van der Waals surface area contributed by atoms with Gasteiger partial charge in [-0.25, -0.2) is 0 Å². The number of thiocarbonyl (C=S) groups is 1. The first-order chi connectivity index (χ1) is 15.4. The van der Waals surface area contributed by atoms with Crippen LogP contribution in [0.5, 0.6) is 0 Å². The minimum atomic E-state index is -0.334. The Bertz CT molecular complexity index is 1190. The van der Waals surface area contributed by atoms with Crippen LogP contribution in [0.1, 0.15) is 35.6 Å². The fourth-order valence-electron chi connectivity index (χ4n) is 3.49. The van der Waals surface area contributed by atoms with Crippen molar-refractivity contribution in [3.05, 3.63) is 80.5 Å². The second-order valence-electron chi connectivity index (χ2n) is 7.25. The minimum Gasteiger partial charge on any atom is -0.367 e. The maximum atomic E-state index is 13.1. The highest BCUT2D eigenvalue weighted by Gasteiger charge is 2.32. The molecule has 1 fully saturated rings. The molecule has 0 aliphatic carbocycles. The average Bonchev–Trinajstić information content (AvgIpc) is 3.05. The third-order valence-corrected chi connectivity index (χ3v) is 6.46.